The van der Waals surface area contributed by atoms with Gasteiger partial charge in [0.1, 0.15) is 5.76 Å². The molecule has 3 rings (SSSR count). The summed E-state index contributed by atoms with van der Waals surface area (Å²) in [5.41, 5.74) is -0.00886. The maximum Gasteiger partial charge on any atom is 0.270 e. The van der Waals surface area contributed by atoms with Crippen molar-refractivity contribution in [2.75, 3.05) is 20.1 Å². The summed E-state index contributed by atoms with van der Waals surface area (Å²) in [5, 5.41) is 11.3. The van der Waals surface area contributed by atoms with Crippen molar-refractivity contribution < 1.29 is 14.1 Å². The Kier molecular flexibility index (Phi) is 5.58. The third kappa shape index (κ3) is 4.05. The number of amides is 1. The number of rotatable bonds is 5. The zero-order valence-electron chi connectivity index (χ0n) is 14.4. The molecular formula is C18H20ClN3O4. The minimum atomic E-state index is -0.528. The first-order valence-electron chi connectivity index (χ1n) is 8.41. The number of carbonyl (C=O) groups is 1. The molecule has 0 aliphatic carbocycles. The Hall–Kier alpha value is -2.38. The molecule has 0 N–H and O–H groups in total. The molecule has 0 unspecified atom stereocenters. The average molecular weight is 378 g/mol. The van der Waals surface area contributed by atoms with Crippen molar-refractivity contribution in [3.8, 4) is 0 Å². The lowest BCUT2D eigenvalue weighted by Crippen LogP contribution is -2.46. The Labute approximate surface area is 156 Å². The second kappa shape index (κ2) is 7.88. The fourth-order valence-electron chi connectivity index (χ4n) is 3.19. The van der Waals surface area contributed by atoms with Crippen molar-refractivity contribution in [3.63, 3.8) is 0 Å². The van der Waals surface area contributed by atoms with Crippen LogP contribution in [0.5, 0.6) is 0 Å². The Morgan fingerprint density at radius 3 is 2.73 bits per heavy atom. The van der Waals surface area contributed by atoms with Crippen LogP contribution in [-0.4, -0.2) is 46.8 Å². The van der Waals surface area contributed by atoms with Crippen LogP contribution in [-0.2, 0) is 6.54 Å². The van der Waals surface area contributed by atoms with Crippen LogP contribution < -0.4 is 0 Å². The second-order valence-electron chi connectivity index (χ2n) is 6.47. The Bertz CT molecular complexity index is 786. The topological polar surface area (TPSA) is 79.8 Å². The van der Waals surface area contributed by atoms with Crippen LogP contribution in [0.25, 0.3) is 0 Å². The highest BCUT2D eigenvalue weighted by Gasteiger charge is 2.30. The Morgan fingerprint density at radius 2 is 2.12 bits per heavy atom. The molecule has 8 heteroatoms. The maximum absolute atomic E-state index is 13.2. The van der Waals surface area contributed by atoms with E-state index in [9.17, 15) is 14.9 Å². The zero-order chi connectivity index (χ0) is 18.7. The van der Waals surface area contributed by atoms with Crippen molar-refractivity contribution in [1.82, 2.24) is 9.80 Å². The van der Waals surface area contributed by atoms with E-state index < -0.39 is 4.92 Å². The highest BCUT2D eigenvalue weighted by molar-refractivity contribution is 6.33. The lowest BCUT2D eigenvalue weighted by Gasteiger charge is -2.37. The Balaban J connectivity index is 1.91. The van der Waals surface area contributed by atoms with Gasteiger partial charge in [0.25, 0.3) is 11.6 Å². The van der Waals surface area contributed by atoms with Gasteiger partial charge in [0.15, 0.2) is 0 Å². The average Bonchev–Trinajstić information content (AvgIpc) is 3.13. The van der Waals surface area contributed by atoms with Gasteiger partial charge in [-0.2, -0.15) is 0 Å². The summed E-state index contributed by atoms with van der Waals surface area (Å²) in [6, 6.07) is 7.55. The molecule has 1 amide bonds. The van der Waals surface area contributed by atoms with E-state index in [-0.39, 0.29) is 28.2 Å². The van der Waals surface area contributed by atoms with Gasteiger partial charge in [0, 0.05) is 18.2 Å². The number of nitro benzene ring substituents is 1. The quantitative estimate of drug-likeness (QED) is 0.587. The minimum absolute atomic E-state index is 0.0270. The molecule has 1 saturated heterocycles. The monoisotopic (exact) mass is 377 g/mol. The largest absolute Gasteiger partial charge is 0.467 e. The van der Waals surface area contributed by atoms with Crippen LogP contribution in [0, 0.1) is 10.1 Å². The number of carbonyl (C=O) groups excluding carboxylic acids is 1. The molecule has 138 valence electrons. The molecule has 0 atom stereocenters. The number of hydrogen-bond acceptors (Lipinski definition) is 5. The van der Waals surface area contributed by atoms with Gasteiger partial charge in [0.05, 0.1) is 28.3 Å². The molecule has 0 saturated carbocycles. The van der Waals surface area contributed by atoms with E-state index in [1.54, 1.807) is 17.2 Å². The van der Waals surface area contributed by atoms with Gasteiger partial charge in [-0.1, -0.05) is 11.6 Å². The normalized spacial score (nSPS) is 15.8. The highest BCUT2D eigenvalue weighted by Crippen LogP contribution is 2.27. The van der Waals surface area contributed by atoms with Crippen LogP contribution in [0.4, 0.5) is 5.69 Å². The highest BCUT2D eigenvalue weighted by atomic mass is 35.5. The number of piperidine rings is 1. The fourth-order valence-corrected chi connectivity index (χ4v) is 3.39. The predicted octanol–water partition coefficient (Wildman–Crippen LogP) is 3.58. The van der Waals surface area contributed by atoms with E-state index in [0.29, 0.717) is 12.3 Å². The van der Waals surface area contributed by atoms with Crippen molar-refractivity contribution in [1.29, 1.82) is 0 Å². The lowest BCUT2D eigenvalue weighted by atomic mass is 10.0. The van der Waals surface area contributed by atoms with E-state index in [0.717, 1.165) is 25.9 Å². The number of furan rings is 1. The third-order valence-corrected chi connectivity index (χ3v) is 5.02. The number of benzene rings is 1. The van der Waals surface area contributed by atoms with E-state index in [2.05, 4.69) is 4.90 Å². The number of non-ortho nitro benzene ring substituents is 1. The molecule has 1 aromatic carbocycles. The predicted molar refractivity (Wildman–Crippen MR) is 97.2 cm³/mol. The Morgan fingerprint density at radius 1 is 1.38 bits per heavy atom. The molecule has 1 aliphatic heterocycles. The second-order valence-corrected chi connectivity index (χ2v) is 6.88. The van der Waals surface area contributed by atoms with Gasteiger partial charge in [-0.25, -0.2) is 0 Å². The molecule has 2 aromatic rings. The molecule has 1 aromatic heterocycles. The first-order chi connectivity index (χ1) is 12.5. The van der Waals surface area contributed by atoms with Gasteiger partial charge in [0.2, 0.25) is 0 Å². The minimum Gasteiger partial charge on any atom is -0.467 e. The summed E-state index contributed by atoms with van der Waals surface area (Å²) < 4.78 is 5.41. The van der Waals surface area contributed by atoms with E-state index in [4.69, 9.17) is 16.0 Å². The molecule has 7 nitrogen and oxygen atoms in total. The molecule has 2 heterocycles. The van der Waals surface area contributed by atoms with Gasteiger partial charge < -0.3 is 14.2 Å². The number of hydrogen-bond donors (Lipinski definition) is 0. The van der Waals surface area contributed by atoms with Gasteiger partial charge in [-0.3, -0.25) is 14.9 Å². The molecule has 0 bridgehead atoms. The molecule has 1 fully saturated rings. The van der Waals surface area contributed by atoms with E-state index >= 15 is 0 Å². The zero-order valence-corrected chi connectivity index (χ0v) is 15.2. The van der Waals surface area contributed by atoms with Crippen molar-refractivity contribution >= 4 is 23.2 Å². The summed E-state index contributed by atoms with van der Waals surface area (Å²) >= 11 is 6.18. The summed E-state index contributed by atoms with van der Waals surface area (Å²) in [7, 11) is 2.05. The van der Waals surface area contributed by atoms with Crippen LogP contribution in [0.2, 0.25) is 5.02 Å². The maximum atomic E-state index is 13.2. The summed E-state index contributed by atoms with van der Waals surface area (Å²) in [6.45, 7) is 2.07. The SMILES string of the molecule is CN1CCC(N(Cc2ccco2)C(=O)c2cc([N+](=O)[O-])ccc2Cl)CC1. The third-order valence-electron chi connectivity index (χ3n) is 4.69. The molecule has 0 spiro atoms. The standard InChI is InChI=1S/C18H20ClN3O4/c1-20-8-6-13(7-9-20)21(12-15-3-2-10-26-15)18(23)16-11-14(22(24)25)4-5-17(16)19/h2-5,10-11,13H,6-9,12H2,1H3. The summed E-state index contributed by atoms with van der Waals surface area (Å²) in [6.07, 6.45) is 3.22. The first-order valence-corrected chi connectivity index (χ1v) is 8.79. The lowest BCUT2D eigenvalue weighted by molar-refractivity contribution is -0.384. The molecular weight excluding hydrogens is 358 g/mol. The van der Waals surface area contributed by atoms with Crippen LogP contribution in [0.3, 0.4) is 0 Å². The smallest absolute Gasteiger partial charge is 0.270 e. The van der Waals surface area contributed by atoms with Crippen LogP contribution in [0.1, 0.15) is 29.0 Å². The first kappa shape index (κ1) is 18.4. The van der Waals surface area contributed by atoms with Crippen molar-refractivity contribution in [3.05, 3.63) is 63.1 Å². The van der Waals surface area contributed by atoms with E-state index in [1.165, 1.54) is 18.2 Å². The van der Waals surface area contributed by atoms with Crippen LogP contribution >= 0.6 is 11.6 Å². The van der Waals surface area contributed by atoms with E-state index in [1.807, 2.05) is 13.1 Å². The molecule has 0 radical (unpaired) electrons. The fraction of sp³-hybridized carbons (Fsp3) is 0.389. The van der Waals surface area contributed by atoms with Crippen molar-refractivity contribution in [2.24, 2.45) is 0 Å². The number of nitrogens with zero attached hydrogens (tertiary/aromatic N) is 3. The molecule has 26 heavy (non-hydrogen) atoms. The van der Waals surface area contributed by atoms with Crippen molar-refractivity contribution in [2.45, 2.75) is 25.4 Å². The van der Waals surface area contributed by atoms with Gasteiger partial charge in [-0.05, 0) is 51.2 Å². The number of likely N-dealkylation sites (tertiary alicyclic amines) is 1. The van der Waals surface area contributed by atoms with Crippen LogP contribution in [0.15, 0.2) is 41.0 Å². The molecule has 1 aliphatic rings. The van der Waals surface area contributed by atoms with Gasteiger partial charge in [-0.15, -0.1) is 0 Å². The summed E-state index contributed by atoms with van der Waals surface area (Å²) in [5.74, 6) is 0.350. The van der Waals surface area contributed by atoms with Gasteiger partial charge >= 0.3 is 0 Å². The number of halogens is 1. The summed E-state index contributed by atoms with van der Waals surface area (Å²) in [4.78, 5) is 27.7. The number of nitro groups is 1.